The van der Waals surface area contributed by atoms with Crippen LogP contribution in [0.5, 0.6) is 0 Å². The second kappa shape index (κ2) is 7.08. The summed E-state index contributed by atoms with van der Waals surface area (Å²) in [4.78, 5) is 5.42. The second-order valence-corrected chi connectivity index (χ2v) is 7.10. The predicted molar refractivity (Wildman–Crippen MR) is 83.5 cm³/mol. The van der Waals surface area contributed by atoms with E-state index in [-0.39, 0.29) is 0 Å². The molecular formula is C17H34N2. The van der Waals surface area contributed by atoms with E-state index < -0.39 is 0 Å². The number of hydrogen-bond acceptors (Lipinski definition) is 2. The summed E-state index contributed by atoms with van der Waals surface area (Å²) < 4.78 is 0. The maximum Gasteiger partial charge on any atom is 0.00961 e. The van der Waals surface area contributed by atoms with Crippen LogP contribution in [0.3, 0.4) is 0 Å². The van der Waals surface area contributed by atoms with Gasteiger partial charge >= 0.3 is 0 Å². The van der Waals surface area contributed by atoms with Crippen LogP contribution in [0.4, 0.5) is 0 Å². The van der Waals surface area contributed by atoms with Gasteiger partial charge in [0.05, 0.1) is 0 Å². The van der Waals surface area contributed by atoms with Gasteiger partial charge in [0.15, 0.2) is 0 Å². The third-order valence-corrected chi connectivity index (χ3v) is 5.79. The van der Waals surface area contributed by atoms with Crippen LogP contribution in [-0.4, -0.2) is 48.1 Å². The first-order valence-electron chi connectivity index (χ1n) is 8.60. The van der Waals surface area contributed by atoms with Gasteiger partial charge in [-0.05, 0) is 84.5 Å². The molecule has 1 atom stereocenters. The third kappa shape index (κ3) is 3.95. The maximum atomic E-state index is 2.78. The Morgan fingerprint density at radius 3 is 1.84 bits per heavy atom. The molecule has 0 aromatic rings. The van der Waals surface area contributed by atoms with Crippen molar-refractivity contribution >= 4 is 0 Å². The van der Waals surface area contributed by atoms with Crippen LogP contribution in [0, 0.1) is 11.8 Å². The number of piperidine rings is 2. The quantitative estimate of drug-likeness (QED) is 0.767. The molecule has 0 bridgehead atoms. The number of nitrogens with zero attached hydrogens (tertiary/aromatic N) is 2. The van der Waals surface area contributed by atoms with E-state index in [1.807, 2.05) is 0 Å². The Kier molecular flexibility index (Phi) is 5.70. The highest BCUT2D eigenvalue weighted by molar-refractivity contribution is 4.84. The first-order valence-corrected chi connectivity index (χ1v) is 8.60. The fraction of sp³-hybridized carbons (Fsp3) is 1.00. The average Bonchev–Trinajstić information content (AvgIpc) is 2.46. The van der Waals surface area contributed by atoms with Gasteiger partial charge in [0.2, 0.25) is 0 Å². The summed E-state index contributed by atoms with van der Waals surface area (Å²) in [6.45, 7) is 14.8. The summed E-state index contributed by atoms with van der Waals surface area (Å²) in [5.74, 6) is 1.94. The minimum absolute atomic E-state index is 0.733. The van der Waals surface area contributed by atoms with Crippen LogP contribution in [0.15, 0.2) is 0 Å². The van der Waals surface area contributed by atoms with E-state index >= 15 is 0 Å². The fourth-order valence-electron chi connectivity index (χ4n) is 3.98. The van der Waals surface area contributed by atoms with Crippen LogP contribution < -0.4 is 0 Å². The smallest absolute Gasteiger partial charge is 0.00961 e. The Balaban J connectivity index is 1.77. The number of rotatable bonds is 4. The van der Waals surface area contributed by atoms with Crippen LogP contribution in [0.1, 0.15) is 59.8 Å². The molecule has 0 aromatic heterocycles. The van der Waals surface area contributed by atoms with Gasteiger partial charge in [-0.25, -0.2) is 0 Å². The molecule has 0 spiro atoms. The molecule has 2 nitrogen and oxygen atoms in total. The largest absolute Gasteiger partial charge is 0.301 e. The van der Waals surface area contributed by atoms with Crippen molar-refractivity contribution in [2.45, 2.75) is 71.9 Å². The van der Waals surface area contributed by atoms with Gasteiger partial charge in [-0.3, -0.25) is 0 Å². The molecule has 2 fully saturated rings. The van der Waals surface area contributed by atoms with E-state index in [1.165, 1.54) is 58.3 Å². The fourth-order valence-corrected chi connectivity index (χ4v) is 3.98. The summed E-state index contributed by atoms with van der Waals surface area (Å²) in [5.41, 5.74) is 0. The summed E-state index contributed by atoms with van der Waals surface area (Å²) in [7, 11) is 0. The monoisotopic (exact) mass is 266 g/mol. The van der Waals surface area contributed by atoms with Gasteiger partial charge in [-0.15, -0.1) is 0 Å². The molecule has 2 aliphatic rings. The van der Waals surface area contributed by atoms with E-state index in [4.69, 9.17) is 0 Å². The lowest BCUT2D eigenvalue weighted by Gasteiger charge is -2.43. The first-order chi connectivity index (χ1) is 9.11. The topological polar surface area (TPSA) is 6.48 Å². The molecule has 2 saturated heterocycles. The van der Waals surface area contributed by atoms with Crippen molar-refractivity contribution < 1.29 is 0 Å². The Labute approximate surface area is 120 Å². The average molecular weight is 266 g/mol. The molecule has 0 aromatic carbocycles. The van der Waals surface area contributed by atoms with E-state index in [1.54, 1.807) is 0 Å². The Bertz CT molecular complexity index is 248. The highest BCUT2D eigenvalue weighted by Gasteiger charge is 2.30. The SMILES string of the molecule is CCC1CCN(C(C)C2CCN(C(C)C)CC2)CC1. The zero-order valence-corrected chi connectivity index (χ0v) is 13.6. The normalized spacial score (nSPS) is 27.0. The van der Waals surface area contributed by atoms with Crippen molar-refractivity contribution in [3.8, 4) is 0 Å². The van der Waals surface area contributed by atoms with Gasteiger partial charge < -0.3 is 9.80 Å². The van der Waals surface area contributed by atoms with Crippen molar-refractivity contribution in [2.24, 2.45) is 11.8 Å². The minimum atomic E-state index is 0.733. The van der Waals surface area contributed by atoms with E-state index in [2.05, 4.69) is 37.5 Å². The predicted octanol–water partition coefficient (Wildman–Crippen LogP) is 3.62. The lowest BCUT2D eigenvalue weighted by molar-refractivity contribution is 0.0616. The van der Waals surface area contributed by atoms with Crippen molar-refractivity contribution in [1.82, 2.24) is 9.80 Å². The summed E-state index contributed by atoms with van der Waals surface area (Å²) in [6.07, 6.45) is 7.08. The van der Waals surface area contributed by atoms with Gasteiger partial charge in [-0.2, -0.15) is 0 Å². The van der Waals surface area contributed by atoms with E-state index in [0.29, 0.717) is 0 Å². The molecule has 19 heavy (non-hydrogen) atoms. The van der Waals surface area contributed by atoms with Gasteiger partial charge in [-0.1, -0.05) is 13.3 Å². The van der Waals surface area contributed by atoms with Crippen LogP contribution >= 0.6 is 0 Å². The molecule has 0 aliphatic carbocycles. The first kappa shape index (κ1) is 15.3. The standard InChI is InChI=1S/C17H34N2/c1-5-16-6-10-19(11-7-16)15(4)17-8-12-18(13-9-17)14(2)3/h14-17H,5-13H2,1-4H3. The zero-order valence-electron chi connectivity index (χ0n) is 13.6. The Morgan fingerprint density at radius 1 is 0.842 bits per heavy atom. The van der Waals surface area contributed by atoms with Crippen molar-refractivity contribution in [3.63, 3.8) is 0 Å². The molecule has 0 radical (unpaired) electrons. The molecule has 0 saturated carbocycles. The van der Waals surface area contributed by atoms with Crippen LogP contribution in [0.2, 0.25) is 0 Å². The zero-order chi connectivity index (χ0) is 13.8. The van der Waals surface area contributed by atoms with E-state index in [9.17, 15) is 0 Å². The summed E-state index contributed by atoms with van der Waals surface area (Å²) in [6, 6.07) is 1.55. The van der Waals surface area contributed by atoms with Gasteiger partial charge in [0.1, 0.15) is 0 Å². The van der Waals surface area contributed by atoms with Crippen LogP contribution in [-0.2, 0) is 0 Å². The van der Waals surface area contributed by atoms with Gasteiger partial charge in [0, 0.05) is 12.1 Å². The third-order valence-electron chi connectivity index (χ3n) is 5.79. The Morgan fingerprint density at radius 2 is 1.37 bits per heavy atom. The lowest BCUT2D eigenvalue weighted by Crippen LogP contribution is -2.48. The molecular weight excluding hydrogens is 232 g/mol. The molecule has 1 unspecified atom stereocenters. The highest BCUT2D eigenvalue weighted by Crippen LogP contribution is 2.28. The highest BCUT2D eigenvalue weighted by atomic mass is 15.2. The number of hydrogen-bond donors (Lipinski definition) is 0. The number of likely N-dealkylation sites (tertiary alicyclic amines) is 2. The molecule has 0 amide bonds. The maximum absolute atomic E-state index is 2.78. The van der Waals surface area contributed by atoms with Crippen molar-refractivity contribution in [1.29, 1.82) is 0 Å². The van der Waals surface area contributed by atoms with E-state index in [0.717, 1.165) is 23.9 Å². The second-order valence-electron chi connectivity index (χ2n) is 7.10. The van der Waals surface area contributed by atoms with Crippen molar-refractivity contribution in [2.75, 3.05) is 26.2 Å². The van der Waals surface area contributed by atoms with Gasteiger partial charge in [0.25, 0.3) is 0 Å². The molecule has 2 rings (SSSR count). The molecule has 112 valence electrons. The lowest BCUT2D eigenvalue weighted by atomic mass is 9.86. The minimum Gasteiger partial charge on any atom is -0.301 e. The Hall–Kier alpha value is -0.0800. The summed E-state index contributed by atoms with van der Waals surface area (Å²) >= 11 is 0. The van der Waals surface area contributed by atoms with Crippen LogP contribution in [0.25, 0.3) is 0 Å². The molecule has 2 heterocycles. The molecule has 0 N–H and O–H groups in total. The molecule has 2 aliphatic heterocycles. The van der Waals surface area contributed by atoms with Crippen molar-refractivity contribution in [3.05, 3.63) is 0 Å². The molecule has 2 heteroatoms. The summed E-state index contributed by atoms with van der Waals surface area (Å²) in [5, 5.41) is 0.